The number of rotatable bonds is 7. The minimum Gasteiger partial charge on any atom is -0.496 e. The number of carbonyl (C=O) groups excluding carboxylic acids is 2. The summed E-state index contributed by atoms with van der Waals surface area (Å²) in [4.78, 5) is 36.4. The summed E-state index contributed by atoms with van der Waals surface area (Å²) in [5, 5.41) is 7.00. The summed E-state index contributed by atoms with van der Waals surface area (Å²) in [6, 6.07) is 4.19. The van der Waals surface area contributed by atoms with E-state index in [1.54, 1.807) is 26.0 Å². The van der Waals surface area contributed by atoms with Crippen LogP contribution in [0.2, 0.25) is 0 Å². The molecule has 2 amide bonds. The number of aromatic nitrogens is 4. The van der Waals surface area contributed by atoms with E-state index in [1.165, 1.54) is 23.4 Å². The molecule has 0 bridgehead atoms. The maximum absolute atomic E-state index is 13.8. The molecule has 2 atom stereocenters. The number of ether oxygens (including phenoxy) is 1. The van der Waals surface area contributed by atoms with Crippen molar-refractivity contribution in [2.45, 2.75) is 63.8 Å². The molecule has 1 aliphatic carbocycles. The van der Waals surface area contributed by atoms with E-state index in [9.17, 15) is 22.8 Å². The molecule has 12 heteroatoms. The van der Waals surface area contributed by atoms with Crippen molar-refractivity contribution in [2.75, 3.05) is 13.6 Å². The van der Waals surface area contributed by atoms with Crippen molar-refractivity contribution in [3.8, 4) is 5.75 Å². The van der Waals surface area contributed by atoms with E-state index in [0.717, 1.165) is 18.9 Å². The zero-order valence-corrected chi connectivity index (χ0v) is 21.3. The zero-order chi connectivity index (χ0) is 30.4. The fraction of sp³-hybridized carbons (Fsp3) is 0.444. The lowest BCUT2D eigenvalue weighted by molar-refractivity contribution is -0.146. The van der Waals surface area contributed by atoms with Crippen molar-refractivity contribution in [3.05, 3.63) is 70.6 Å². The number of hydrogen-bond acceptors (Lipinski definition) is 6. The molecule has 2 aromatic heterocycles. The largest absolute Gasteiger partial charge is 0.496 e. The number of benzene rings is 1. The first-order valence-corrected chi connectivity index (χ1v) is 12.5. The fourth-order valence-electron chi connectivity index (χ4n) is 5.07. The third-order valence-electron chi connectivity index (χ3n) is 7.15. The average Bonchev–Trinajstić information content (AvgIpc) is 3.52. The van der Waals surface area contributed by atoms with Crippen LogP contribution in [-0.2, 0) is 17.5 Å². The first kappa shape index (κ1) is 23.0. The van der Waals surface area contributed by atoms with Crippen LogP contribution >= 0.6 is 0 Å². The molecule has 9 nitrogen and oxygen atoms in total. The molecule has 3 aromatic rings. The third-order valence-corrected chi connectivity index (χ3v) is 7.15. The van der Waals surface area contributed by atoms with Crippen LogP contribution in [0.5, 0.6) is 5.75 Å². The highest BCUT2D eigenvalue weighted by molar-refractivity contribution is 5.92. The third kappa shape index (κ3) is 5.45. The number of nitrogens with zero attached hydrogens (tertiary/aromatic N) is 5. The number of halogens is 3. The van der Waals surface area contributed by atoms with Crippen LogP contribution in [-0.4, -0.2) is 56.1 Å². The highest BCUT2D eigenvalue weighted by Crippen LogP contribution is 2.42. The number of methoxy groups -OCH3 is 1. The maximum Gasteiger partial charge on any atom is 0.433 e. The van der Waals surface area contributed by atoms with Gasteiger partial charge >= 0.3 is 6.18 Å². The number of amides is 2. The molecular formula is C27H29F3N6O3. The molecule has 0 radical (unpaired) electrons. The van der Waals surface area contributed by atoms with Gasteiger partial charge in [-0.05, 0) is 56.4 Å². The Labute approximate surface area is 227 Å². The van der Waals surface area contributed by atoms with Crippen molar-refractivity contribution in [3.63, 3.8) is 0 Å². The molecule has 3 heterocycles. The first-order valence-electron chi connectivity index (χ1n) is 14.0. The van der Waals surface area contributed by atoms with Crippen molar-refractivity contribution >= 4 is 11.8 Å². The van der Waals surface area contributed by atoms with Crippen LogP contribution in [0.25, 0.3) is 0 Å². The number of carbonyl (C=O) groups is 2. The summed E-state index contributed by atoms with van der Waals surface area (Å²) in [5.41, 5.74) is 0.799. The van der Waals surface area contributed by atoms with E-state index in [0.29, 0.717) is 27.2 Å². The van der Waals surface area contributed by atoms with Gasteiger partial charge in [0.2, 0.25) is 5.91 Å². The van der Waals surface area contributed by atoms with E-state index in [-0.39, 0.29) is 30.3 Å². The van der Waals surface area contributed by atoms with Crippen molar-refractivity contribution in [2.24, 2.45) is 0 Å². The standard InChI is InChI=1S/C27H29F3N6O3/c1-15-12-31-13-21(32-15)26(38)33-19-9-10-35(25(19)18-5-4-6-22(39-3)16(18)2)24(37)14-36-23(27(28,29)30)11-20(34-36)17-7-8-17/h4-6,11-13,17,19,25H,7-10,14H2,1-3H3,(H,33,38)/t19-,25-/m1/s1/i3D3. The summed E-state index contributed by atoms with van der Waals surface area (Å²) in [6.45, 7) is 2.77. The second kappa shape index (κ2) is 10.3. The molecule has 0 unspecified atom stereocenters. The molecule has 1 aromatic carbocycles. The van der Waals surface area contributed by atoms with Crippen molar-refractivity contribution in [1.29, 1.82) is 0 Å². The van der Waals surface area contributed by atoms with Gasteiger partial charge in [0.1, 0.15) is 23.7 Å². The van der Waals surface area contributed by atoms with Gasteiger partial charge in [0.15, 0.2) is 0 Å². The van der Waals surface area contributed by atoms with E-state index in [4.69, 9.17) is 8.85 Å². The Morgan fingerprint density at radius 3 is 2.69 bits per heavy atom. The summed E-state index contributed by atoms with van der Waals surface area (Å²) in [5.74, 6) is -1.16. The minimum absolute atomic E-state index is 0.0464. The summed E-state index contributed by atoms with van der Waals surface area (Å²) >= 11 is 0. The second-order valence-electron chi connectivity index (χ2n) is 9.90. The van der Waals surface area contributed by atoms with Gasteiger partial charge in [0.05, 0.1) is 40.8 Å². The number of hydrogen-bond donors (Lipinski definition) is 1. The van der Waals surface area contributed by atoms with Crippen LogP contribution in [0.1, 0.15) is 74.0 Å². The highest BCUT2D eigenvalue weighted by atomic mass is 19.4. The molecule has 39 heavy (non-hydrogen) atoms. The zero-order valence-electron chi connectivity index (χ0n) is 24.3. The summed E-state index contributed by atoms with van der Waals surface area (Å²) < 4.78 is 69.9. The van der Waals surface area contributed by atoms with E-state index in [2.05, 4.69) is 20.4 Å². The fourth-order valence-corrected chi connectivity index (χ4v) is 5.07. The number of alkyl halides is 3. The monoisotopic (exact) mass is 545 g/mol. The van der Waals surface area contributed by atoms with E-state index >= 15 is 0 Å². The Morgan fingerprint density at radius 2 is 2.00 bits per heavy atom. The Kier molecular flexibility index (Phi) is 6.07. The first-order chi connectivity index (χ1) is 19.7. The molecule has 1 saturated carbocycles. The van der Waals surface area contributed by atoms with Crippen molar-refractivity contribution in [1.82, 2.24) is 30.0 Å². The van der Waals surface area contributed by atoms with Gasteiger partial charge in [0.25, 0.3) is 5.91 Å². The Hall–Kier alpha value is -3.96. The van der Waals surface area contributed by atoms with Gasteiger partial charge in [-0.25, -0.2) is 4.98 Å². The quantitative estimate of drug-likeness (QED) is 0.482. The molecule has 1 saturated heterocycles. The van der Waals surface area contributed by atoms with Crippen LogP contribution in [0.15, 0.2) is 36.7 Å². The van der Waals surface area contributed by atoms with Crippen LogP contribution < -0.4 is 10.1 Å². The Balaban J connectivity index is 1.48. The molecule has 0 spiro atoms. The van der Waals surface area contributed by atoms with Gasteiger partial charge in [-0.3, -0.25) is 19.3 Å². The molecule has 5 rings (SSSR count). The van der Waals surface area contributed by atoms with Gasteiger partial charge in [0, 0.05) is 18.7 Å². The molecule has 1 aliphatic heterocycles. The van der Waals surface area contributed by atoms with Gasteiger partial charge in [-0.2, -0.15) is 18.3 Å². The highest BCUT2D eigenvalue weighted by Gasteiger charge is 2.42. The molecular weight excluding hydrogens is 513 g/mol. The molecule has 206 valence electrons. The van der Waals surface area contributed by atoms with Crippen LogP contribution in [0.4, 0.5) is 13.2 Å². The Bertz CT molecular complexity index is 1510. The molecule has 2 aliphatic rings. The average molecular weight is 546 g/mol. The predicted molar refractivity (Wildman–Crippen MR) is 134 cm³/mol. The smallest absolute Gasteiger partial charge is 0.433 e. The van der Waals surface area contributed by atoms with Crippen LogP contribution in [0.3, 0.4) is 0 Å². The van der Waals surface area contributed by atoms with Gasteiger partial charge < -0.3 is 15.0 Å². The van der Waals surface area contributed by atoms with Gasteiger partial charge in [-0.15, -0.1) is 0 Å². The summed E-state index contributed by atoms with van der Waals surface area (Å²) in [7, 11) is -2.74. The second-order valence-corrected chi connectivity index (χ2v) is 9.90. The maximum atomic E-state index is 13.8. The van der Waals surface area contributed by atoms with Crippen LogP contribution in [0, 0.1) is 13.8 Å². The number of likely N-dealkylation sites (tertiary alicyclic amines) is 1. The topological polar surface area (TPSA) is 102 Å². The lowest BCUT2D eigenvalue weighted by Crippen LogP contribution is -2.43. The molecule has 1 N–H and O–H groups in total. The normalized spacial score (nSPS) is 20.7. The summed E-state index contributed by atoms with van der Waals surface area (Å²) in [6.07, 6.45) is -0.126. The lowest BCUT2D eigenvalue weighted by Gasteiger charge is -2.31. The number of aryl methyl sites for hydroxylation is 1. The minimum atomic E-state index is -4.70. The van der Waals surface area contributed by atoms with Crippen molar-refractivity contribution < 1.29 is 31.6 Å². The molecule has 2 fully saturated rings. The van der Waals surface area contributed by atoms with Gasteiger partial charge in [-0.1, -0.05) is 12.1 Å². The SMILES string of the molecule is [2H]C([2H])([2H])Oc1cccc([C@@H]2[C@H](NC(=O)c3cncc(C)n3)CCN2C(=O)Cn2nc(C3CC3)cc2C(F)(F)F)c1C. The lowest BCUT2D eigenvalue weighted by atomic mass is 9.95. The predicted octanol–water partition coefficient (Wildman–Crippen LogP) is 3.97. The van der Waals surface area contributed by atoms with E-state index in [1.807, 2.05) is 0 Å². The Morgan fingerprint density at radius 1 is 1.21 bits per heavy atom. The van der Waals surface area contributed by atoms with E-state index < -0.39 is 49.4 Å². The number of nitrogens with one attached hydrogen (secondary N) is 1.